The zero-order valence-corrected chi connectivity index (χ0v) is 12.6. The summed E-state index contributed by atoms with van der Waals surface area (Å²) in [5.41, 5.74) is 0.00725. The summed E-state index contributed by atoms with van der Waals surface area (Å²) in [5, 5.41) is 3.23. The molecule has 0 aromatic rings. The van der Waals surface area contributed by atoms with Crippen LogP contribution in [0.1, 0.15) is 78.6 Å². The van der Waals surface area contributed by atoms with Gasteiger partial charge in [-0.05, 0) is 25.3 Å². The van der Waals surface area contributed by atoms with E-state index in [1.807, 2.05) is 0 Å². The first-order valence-electron chi connectivity index (χ1n) is 7.58. The summed E-state index contributed by atoms with van der Waals surface area (Å²) in [6.45, 7) is 10.2. The second kappa shape index (κ2) is 10.2. The molecular weight excluding hydrogens is 222 g/mol. The van der Waals surface area contributed by atoms with Crippen LogP contribution in [0.4, 0.5) is 0 Å². The lowest BCUT2D eigenvalue weighted by Gasteiger charge is -2.35. The summed E-state index contributed by atoms with van der Waals surface area (Å²) in [6, 6.07) is 0. The van der Waals surface area contributed by atoms with Gasteiger partial charge >= 0.3 is 0 Å². The molecule has 0 bridgehead atoms. The minimum absolute atomic E-state index is 0.00725. The number of rotatable bonds is 11. The molecule has 0 rings (SSSR count). The molecule has 0 aliphatic heterocycles. The third kappa shape index (κ3) is 6.83. The molecule has 0 aromatic carbocycles. The Morgan fingerprint density at radius 1 is 1.00 bits per heavy atom. The monoisotopic (exact) mass is 253 g/mol. The van der Waals surface area contributed by atoms with Gasteiger partial charge in [0.1, 0.15) is 0 Å². The molecule has 106 valence electrons. The van der Waals surface area contributed by atoms with Gasteiger partial charge < -0.3 is 5.32 Å². The third-order valence-corrected chi connectivity index (χ3v) is 3.60. The third-order valence-electron chi connectivity index (χ3n) is 3.60. The number of unbranched alkanes of at least 4 members (excludes halogenated alkanes) is 3. The van der Waals surface area contributed by atoms with Crippen molar-refractivity contribution in [3.63, 3.8) is 0 Å². The molecule has 1 amide bonds. The van der Waals surface area contributed by atoms with E-state index in [4.69, 9.17) is 0 Å². The number of carbonyl (C=O) groups is 1. The second-order valence-corrected chi connectivity index (χ2v) is 5.28. The number of hydrogen-bond donors (Lipinski definition) is 1. The van der Waals surface area contributed by atoms with Crippen molar-refractivity contribution in [3.05, 3.63) is 12.7 Å². The molecule has 0 fully saturated rings. The molecule has 2 nitrogen and oxygen atoms in total. The van der Waals surface area contributed by atoms with Crippen LogP contribution in [0, 0.1) is 0 Å². The molecule has 0 spiro atoms. The molecule has 0 saturated heterocycles. The Bertz CT molecular complexity index is 213. The van der Waals surface area contributed by atoms with E-state index < -0.39 is 0 Å². The van der Waals surface area contributed by atoms with Crippen molar-refractivity contribution in [1.29, 1.82) is 0 Å². The van der Waals surface area contributed by atoms with Gasteiger partial charge in [0.2, 0.25) is 5.91 Å². The van der Waals surface area contributed by atoms with Gasteiger partial charge in [-0.2, -0.15) is 0 Å². The minimum atomic E-state index is -0.0155. The van der Waals surface area contributed by atoms with Crippen molar-refractivity contribution in [2.45, 2.75) is 84.1 Å². The Kier molecular flexibility index (Phi) is 9.72. The van der Waals surface area contributed by atoms with Gasteiger partial charge in [0.15, 0.2) is 0 Å². The first-order chi connectivity index (χ1) is 8.64. The summed E-state index contributed by atoms with van der Waals surface area (Å²) in [7, 11) is 0. The predicted octanol–water partition coefficient (Wildman–Crippen LogP) is 4.60. The summed E-state index contributed by atoms with van der Waals surface area (Å²) in [6.07, 6.45) is 11.8. The zero-order chi connectivity index (χ0) is 13.9. The maximum Gasteiger partial charge on any atom is 0.243 e. The number of nitrogens with one attached hydrogen (secondary N) is 1. The lowest BCUT2D eigenvalue weighted by molar-refractivity contribution is -0.118. The van der Waals surface area contributed by atoms with Gasteiger partial charge in [0.25, 0.3) is 0 Å². The van der Waals surface area contributed by atoms with Crippen molar-refractivity contribution < 1.29 is 4.79 Å². The number of carbonyl (C=O) groups excluding carboxylic acids is 1. The standard InChI is InChI=1S/C16H31NO/c1-5-9-12-16(13-10-6-2,14-11-7-3)17-15(18)8-4/h8H,4-7,9-14H2,1-3H3,(H,17,18). The highest BCUT2D eigenvalue weighted by atomic mass is 16.1. The van der Waals surface area contributed by atoms with Gasteiger partial charge in [-0.1, -0.05) is 65.9 Å². The van der Waals surface area contributed by atoms with Gasteiger partial charge in [-0.3, -0.25) is 4.79 Å². The molecule has 0 aliphatic carbocycles. The van der Waals surface area contributed by atoms with E-state index in [0.717, 1.165) is 19.3 Å². The largest absolute Gasteiger partial charge is 0.347 e. The number of hydrogen-bond acceptors (Lipinski definition) is 1. The van der Waals surface area contributed by atoms with E-state index in [1.165, 1.54) is 44.6 Å². The van der Waals surface area contributed by atoms with Crippen molar-refractivity contribution in [3.8, 4) is 0 Å². The maximum absolute atomic E-state index is 11.7. The van der Waals surface area contributed by atoms with Crippen molar-refractivity contribution in [2.24, 2.45) is 0 Å². The fourth-order valence-corrected chi connectivity index (χ4v) is 2.42. The van der Waals surface area contributed by atoms with Crippen LogP contribution in [0.3, 0.4) is 0 Å². The molecule has 1 N–H and O–H groups in total. The van der Waals surface area contributed by atoms with E-state index in [9.17, 15) is 4.79 Å². The Labute approximate surface area is 113 Å². The maximum atomic E-state index is 11.7. The first kappa shape index (κ1) is 17.2. The topological polar surface area (TPSA) is 29.1 Å². The van der Waals surface area contributed by atoms with Crippen LogP contribution in [0.2, 0.25) is 0 Å². The lowest BCUT2D eigenvalue weighted by atomic mass is 9.82. The highest BCUT2D eigenvalue weighted by Crippen LogP contribution is 2.27. The second-order valence-electron chi connectivity index (χ2n) is 5.28. The molecule has 0 aromatic heterocycles. The fraction of sp³-hybridized carbons (Fsp3) is 0.812. The van der Waals surface area contributed by atoms with Crippen molar-refractivity contribution in [1.82, 2.24) is 5.32 Å². The predicted molar refractivity (Wildman–Crippen MR) is 79.6 cm³/mol. The quantitative estimate of drug-likeness (QED) is 0.536. The van der Waals surface area contributed by atoms with E-state index >= 15 is 0 Å². The number of amides is 1. The van der Waals surface area contributed by atoms with Crippen molar-refractivity contribution >= 4 is 5.91 Å². The van der Waals surface area contributed by atoms with Crippen LogP contribution >= 0.6 is 0 Å². The molecule has 0 unspecified atom stereocenters. The summed E-state index contributed by atoms with van der Waals surface area (Å²) in [5.74, 6) is -0.0155. The Balaban J connectivity index is 4.71. The normalized spacial score (nSPS) is 11.3. The summed E-state index contributed by atoms with van der Waals surface area (Å²) < 4.78 is 0. The van der Waals surface area contributed by atoms with Crippen LogP contribution in [0.5, 0.6) is 0 Å². The smallest absolute Gasteiger partial charge is 0.243 e. The SMILES string of the molecule is C=CC(=O)NC(CCCC)(CCCC)CCCC. The van der Waals surface area contributed by atoms with E-state index in [-0.39, 0.29) is 11.4 Å². The van der Waals surface area contributed by atoms with E-state index in [1.54, 1.807) is 0 Å². The Hall–Kier alpha value is -0.790. The highest BCUT2D eigenvalue weighted by molar-refractivity contribution is 5.87. The van der Waals surface area contributed by atoms with E-state index in [0.29, 0.717) is 0 Å². The molecule has 2 heteroatoms. The Morgan fingerprint density at radius 2 is 1.39 bits per heavy atom. The molecule has 0 saturated carbocycles. The van der Waals surface area contributed by atoms with Crippen LogP contribution in [0.25, 0.3) is 0 Å². The minimum Gasteiger partial charge on any atom is -0.347 e. The van der Waals surface area contributed by atoms with Crippen LogP contribution in [-0.4, -0.2) is 11.4 Å². The van der Waals surface area contributed by atoms with Crippen LogP contribution in [-0.2, 0) is 4.79 Å². The molecule has 0 aliphatic rings. The molecule has 0 atom stereocenters. The first-order valence-corrected chi connectivity index (χ1v) is 7.58. The van der Waals surface area contributed by atoms with Crippen LogP contribution < -0.4 is 5.32 Å². The van der Waals surface area contributed by atoms with Gasteiger partial charge in [-0.15, -0.1) is 0 Å². The summed E-state index contributed by atoms with van der Waals surface area (Å²) in [4.78, 5) is 11.7. The lowest BCUT2D eigenvalue weighted by Crippen LogP contribution is -2.48. The summed E-state index contributed by atoms with van der Waals surface area (Å²) >= 11 is 0. The molecule has 0 heterocycles. The average Bonchev–Trinajstić information content (AvgIpc) is 2.40. The van der Waals surface area contributed by atoms with Gasteiger partial charge in [-0.25, -0.2) is 0 Å². The van der Waals surface area contributed by atoms with Gasteiger partial charge in [0.05, 0.1) is 0 Å². The van der Waals surface area contributed by atoms with Crippen LogP contribution in [0.15, 0.2) is 12.7 Å². The molecule has 18 heavy (non-hydrogen) atoms. The average molecular weight is 253 g/mol. The molecular formula is C16H31NO. The molecule has 0 radical (unpaired) electrons. The zero-order valence-electron chi connectivity index (χ0n) is 12.6. The van der Waals surface area contributed by atoms with E-state index in [2.05, 4.69) is 32.7 Å². The fourth-order valence-electron chi connectivity index (χ4n) is 2.42. The Morgan fingerprint density at radius 3 is 1.67 bits per heavy atom. The van der Waals surface area contributed by atoms with Gasteiger partial charge in [0, 0.05) is 5.54 Å². The van der Waals surface area contributed by atoms with Crippen molar-refractivity contribution in [2.75, 3.05) is 0 Å². The highest BCUT2D eigenvalue weighted by Gasteiger charge is 2.29.